The fourth-order valence-corrected chi connectivity index (χ4v) is 12.3. The molecule has 75 heavy (non-hydrogen) atoms. The van der Waals surface area contributed by atoms with Crippen LogP contribution in [-0.4, -0.2) is 111 Å². The van der Waals surface area contributed by atoms with E-state index in [2.05, 4.69) is 59.5 Å². The van der Waals surface area contributed by atoms with Gasteiger partial charge in [0.2, 0.25) is 0 Å². The number of rotatable bonds is 64. The third-order valence-electron chi connectivity index (χ3n) is 17.7. The lowest BCUT2D eigenvalue weighted by atomic mass is 10.0. The second-order valence-corrected chi connectivity index (χ2v) is 25.2. The summed E-state index contributed by atoms with van der Waals surface area (Å²) in [4.78, 5) is 11.5. The van der Waals surface area contributed by atoms with Crippen molar-refractivity contribution >= 4 is 0 Å². The van der Waals surface area contributed by atoms with Gasteiger partial charge in [0, 0.05) is 51.9 Å². The molecule has 1 heterocycles. The van der Waals surface area contributed by atoms with Crippen LogP contribution in [0.1, 0.15) is 362 Å². The third-order valence-corrected chi connectivity index (χ3v) is 17.7. The fraction of sp³-hybridized carbons (Fsp3) is 1.00. The molecule has 0 saturated carbocycles. The number of nitrogens with one attached hydrogen (secondary N) is 1. The van der Waals surface area contributed by atoms with Crippen LogP contribution in [-0.2, 0) is 0 Å². The summed E-state index contributed by atoms with van der Waals surface area (Å²) >= 11 is 0. The van der Waals surface area contributed by atoms with Gasteiger partial charge < -0.3 is 20.0 Å². The van der Waals surface area contributed by atoms with Crippen molar-refractivity contribution in [2.24, 2.45) is 0 Å². The molecule has 1 aliphatic heterocycles. The number of nitrogens with zero attached hydrogens (tertiary/aromatic N) is 4. The average Bonchev–Trinajstić information content (AvgIpc) is 3.42. The van der Waals surface area contributed by atoms with E-state index in [0.717, 1.165) is 0 Å². The molecule has 0 aliphatic carbocycles. The van der Waals surface area contributed by atoms with E-state index in [4.69, 9.17) is 0 Å². The number of unbranched alkanes of at least 4 members (excludes halogenated alkanes) is 45. The molecule has 450 valence electrons. The first-order valence-electron chi connectivity index (χ1n) is 35.8. The van der Waals surface area contributed by atoms with Gasteiger partial charge >= 0.3 is 0 Å². The van der Waals surface area contributed by atoms with Gasteiger partial charge in [-0.05, 0) is 77.8 Å². The highest BCUT2D eigenvalue weighted by Crippen LogP contribution is 2.18. The summed E-state index contributed by atoms with van der Waals surface area (Å²) < 4.78 is 0. The Morgan fingerprint density at radius 1 is 0.267 bits per heavy atom. The fourth-order valence-electron chi connectivity index (χ4n) is 12.3. The van der Waals surface area contributed by atoms with E-state index in [0.29, 0.717) is 6.04 Å². The number of piperazine rings is 1. The Morgan fingerprint density at radius 3 is 0.800 bits per heavy atom. The van der Waals surface area contributed by atoms with Crippen molar-refractivity contribution in [3.8, 4) is 0 Å². The van der Waals surface area contributed by atoms with Crippen LogP contribution in [0.15, 0.2) is 0 Å². The minimum atomic E-state index is 0.622. The van der Waals surface area contributed by atoms with Crippen molar-refractivity contribution < 1.29 is 0 Å². The molecule has 0 radical (unpaired) electrons. The van der Waals surface area contributed by atoms with Crippen LogP contribution in [0.2, 0.25) is 0 Å². The van der Waals surface area contributed by atoms with Crippen molar-refractivity contribution in [1.82, 2.24) is 24.9 Å². The van der Waals surface area contributed by atoms with E-state index >= 15 is 0 Å². The van der Waals surface area contributed by atoms with Crippen LogP contribution in [0.3, 0.4) is 0 Å². The molecule has 0 aromatic carbocycles. The Hall–Kier alpha value is -0.200. The number of hydrogen-bond acceptors (Lipinski definition) is 5. The van der Waals surface area contributed by atoms with Crippen molar-refractivity contribution in [2.45, 2.75) is 368 Å². The van der Waals surface area contributed by atoms with Gasteiger partial charge in [0.15, 0.2) is 0 Å². The molecule has 0 bridgehead atoms. The molecule has 1 N–H and O–H groups in total. The van der Waals surface area contributed by atoms with E-state index in [-0.39, 0.29) is 0 Å². The maximum absolute atomic E-state index is 4.24. The van der Waals surface area contributed by atoms with Gasteiger partial charge in [-0.25, -0.2) is 0 Å². The summed E-state index contributed by atoms with van der Waals surface area (Å²) in [6.45, 7) is 28.4. The number of hydrogen-bond donors (Lipinski definition) is 1. The Balaban J connectivity index is 2.77. The molecule has 1 unspecified atom stereocenters. The second kappa shape index (κ2) is 61.4. The Bertz CT molecular complexity index is 984. The van der Waals surface area contributed by atoms with Gasteiger partial charge in [-0.1, -0.05) is 324 Å². The Labute approximate surface area is 476 Å². The molecule has 1 atom stereocenters. The van der Waals surface area contributed by atoms with Crippen LogP contribution in [0.5, 0.6) is 0 Å². The van der Waals surface area contributed by atoms with Gasteiger partial charge in [-0.15, -0.1) is 0 Å². The van der Waals surface area contributed by atoms with Gasteiger partial charge in [0.05, 0.1) is 0 Å². The minimum Gasteiger partial charge on any atom is -0.313 e. The van der Waals surface area contributed by atoms with E-state index in [1.54, 1.807) is 0 Å². The first-order chi connectivity index (χ1) is 37.2. The second-order valence-electron chi connectivity index (χ2n) is 25.2. The van der Waals surface area contributed by atoms with Gasteiger partial charge in [-0.3, -0.25) is 4.90 Å². The maximum Gasteiger partial charge on any atom is 0.0207 e. The lowest BCUT2D eigenvalue weighted by Gasteiger charge is -2.37. The molecule has 0 amide bonds. The first-order valence-corrected chi connectivity index (χ1v) is 35.8. The quantitative estimate of drug-likeness (QED) is 0.0612. The summed E-state index contributed by atoms with van der Waals surface area (Å²) in [6, 6.07) is 0.622. The smallest absolute Gasteiger partial charge is 0.0207 e. The summed E-state index contributed by atoms with van der Waals surface area (Å²) in [5.41, 5.74) is 0. The van der Waals surface area contributed by atoms with Crippen molar-refractivity contribution in [2.75, 3.05) is 85.1 Å². The lowest BCUT2D eigenvalue weighted by molar-refractivity contribution is 0.112. The van der Waals surface area contributed by atoms with E-state index < -0.39 is 0 Å². The van der Waals surface area contributed by atoms with Crippen LogP contribution in [0.25, 0.3) is 0 Å². The van der Waals surface area contributed by atoms with Gasteiger partial charge in [0.25, 0.3) is 0 Å². The van der Waals surface area contributed by atoms with Crippen LogP contribution >= 0.6 is 0 Å². The molecule has 1 saturated heterocycles. The van der Waals surface area contributed by atoms with E-state index in [1.165, 1.54) is 413 Å². The molecule has 0 aromatic heterocycles. The van der Waals surface area contributed by atoms with Crippen molar-refractivity contribution in [3.63, 3.8) is 0 Å². The standard InChI is InChI=1S/C70H145N5/c1-6-11-16-21-26-29-32-35-38-41-46-51-57-71-70(56-62-73-64-67-74(68-65-73)66-63-72(58-52-47-42-24-19-14-9-4)59-53-48-43-25-20-15-10-5)69-75(60-54-49-44-39-36-33-30-27-22-17-12-7-2)61-55-50-45-40-37-34-31-28-23-18-13-8-3/h70-71H,6-69H2,1-5H3. The maximum atomic E-state index is 4.24. The normalized spacial score (nSPS) is 14.1. The molecular formula is C70H145N5. The highest BCUT2D eigenvalue weighted by Gasteiger charge is 2.20. The Morgan fingerprint density at radius 2 is 0.507 bits per heavy atom. The zero-order valence-electron chi connectivity index (χ0n) is 53.1. The van der Waals surface area contributed by atoms with Crippen LogP contribution < -0.4 is 5.32 Å². The molecular weight excluding hydrogens is 911 g/mol. The predicted octanol–water partition coefficient (Wildman–Crippen LogP) is 21.2. The highest BCUT2D eigenvalue weighted by atomic mass is 15.3. The van der Waals surface area contributed by atoms with E-state index in [1.807, 2.05) is 0 Å². The molecule has 0 spiro atoms. The van der Waals surface area contributed by atoms with Crippen molar-refractivity contribution in [1.29, 1.82) is 0 Å². The largest absolute Gasteiger partial charge is 0.313 e. The van der Waals surface area contributed by atoms with Crippen LogP contribution in [0, 0.1) is 0 Å². The topological polar surface area (TPSA) is 25.0 Å². The van der Waals surface area contributed by atoms with Gasteiger partial charge in [-0.2, -0.15) is 0 Å². The van der Waals surface area contributed by atoms with Crippen molar-refractivity contribution in [3.05, 3.63) is 0 Å². The molecule has 5 heteroatoms. The highest BCUT2D eigenvalue weighted by molar-refractivity contribution is 4.79. The summed E-state index contributed by atoms with van der Waals surface area (Å²) in [5.74, 6) is 0. The summed E-state index contributed by atoms with van der Waals surface area (Å²) in [6.07, 6.45) is 73.1. The molecule has 0 aromatic rings. The predicted molar refractivity (Wildman–Crippen MR) is 341 cm³/mol. The molecule has 5 nitrogen and oxygen atoms in total. The zero-order valence-corrected chi connectivity index (χ0v) is 53.1. The SMILES string of the molecule is CCCCCCCCCCCCCCNC(CCN1CCN(CCN(CCCCCCCCC)CCCCCCCCC)CC1)CN(CCCCCCCCCCCCCC)CCCCCCCCCCCCCC. The molecule has 1 rings (SSSR count). The summed E-state index contributed by atoms with van der Waals surface area (Å²) in [7, 11) is 0. The first kappa shape index (κ1) is 72.8. The zero-order chi connectivity index (χ0) is 53.8. The average molecular weight is 1060 g/mol. The lowest BCUT2D eigenvalue weighted by Crippen LogP contribution is -2.50. The Kier molecular flexibility index (Phi) is 59.6. The minimum absolute atomic E-state index is 0.622. The molecule has 1 fully saturated rings. The third kappa shape index (κ3) is 52.9. The van der Waals surface area contributed by atoms with Crippen LogP contribution in [0.4, 0.5) is 0 Å². The summed E-state index contributed by atoms with van der Waals surface area (Å²) in [5, 5.41) is 4.24. The van der Waals surface area contributed by atoms with E-state index in [9.17, 15) is 0 Å². The monoisotopic (exact) mass is 1060 g/mol. The van der Waals surface area contributed by atoms with Gasteiger partial charge in [0.1, 0.15) is 0 Å². The molecule has 1 aliphatic rings.